The van der Waals surface area contributed by atoms with E-state index in [4.69, 9.17) is 5.11 Å². The Bertz CT molecular complexity index is 203. The van der Waals surface area contributed by atoms with Gasteiger partial charge in [0.2, 0.25) is 0 Å². The zero-order valence-electron chi connectivity index (χ0n) is 5.54. The minimum Gasteiger partial charge on any atom is -0.508 e. The van der Waals surface area contributed by atoms with Crippen molar-refractivity contribution in [3.8, 4) is 5.75 Å². The molecule has 0 heterocycles. The Morgan fingerprint density at radius 1 is 1.20 bits per heavy atom. The summed E-state index contributed by atoms with van der Waals surface area (Å²) in [6.07, 6.45) is 1.74. The number of phenols is 1. The zero-order valence-corrected chi connectivity index (χ0v) is 6.54. The zero-order chi connectivity index (χ0) is 6.69. The maximum absolute atomic E-state index is 8.82. The molecular weight excluding hydrogens is 144 g/mol. The van der Waals surface area contributed by atoms with Crippen LogP contribution in [0.4, 0.5) is 0 Å². The molecule has 0 radical (unpaired) electrons. The molecule has 1 rings (SSSR count). The maximum Gasteiger partial charge on any atom is 0.115 e. The highest BCUT2D eigenvalue weighted by Gasteiger charge is 1.84. The second-order valence-corrected chi connectivity index (χ2v) is 1.80. The third-order valence-electron chi connectivity index (χ3n) is 1.13. The molecule has 1 nitrogen and oxygen atoms in total. The van der Waals surface area contributed by atoms with Crippen LogP contribution in [0.2, 0.25) is 0 Å². The first-order valence-corrected chi connectivity index (χ1v) is 2.74. The molecule has 1 aromatic carbocycles. The summed E-state index contributed by atoms with van der Waals surface area (Å²) in [7, 11) is 0. The van der Waals surface area contributed by atoms with Crippen LogP contribution in [0.5, 0.6) is 5.75 Å². The fourth-order valence-electron chi connectivity index (χ4n) is 0.610. The molecule has 54 valence electrons. The SMILES string of the molecule is C=Cc1ccc(O)cc1.S. The molecule has 0 saturated carbocycles. The third-order valence-corrected chi connectivity index (χ3v) is 1.13. The van der Waals surface area contributed by atoms with Gasteiger partial charge in [-0.25, -0.2) is 0 Å². The third kappa shape index (κ3) is 2.15. The molecule has 0 aliphatic rings. The van der Waals surface area contributed by atoms with E-state index in [9.17, 15) is 0 Å². The van der Waals surface area contributed by atoms with Gasteiger partial charge in [-0.05, 0) is 17.7 Å². The van der Waals surface area contributed by atoms with Crippen LogP contribution in [0.1, 0.15) is 5.56 Å². The Balaban J connectivity index is 0.000000810. The summed E-state index contributed by atoms with van der Waals surface area (Å²) in [4.78, 5) is 0. The smallest absolute Gasteiger partial charge is 0.115 e. The van der Waals surface area contributed by atoms with E-state index in [1.54, 1.807) is 18.2 Å². The van der Waals surface area contributed by atoms with Gasteiger partial charge in [-0.15, -0.1) is 0 Å². The minimum absolute atomic E-state index is 0. The molecule has 0 aromatic heterocycles. The van der Waals surface area contributed by atoms with E-state index >= 15 is 0 Å². The Morgan fingerprint density at radius 3 is 2.10 bits per heavy atom. The topological polar surface area (TPSA) is 20.2 Å². The van der Waals surface area contributed by atoms with Crippen LogP contribution in [0.15, 0.2) is 30.8 Å². The van der Waals surface area contributed by atoms with Gasteiger partial charge >= 0.3 is 0 Å². The molecular formula is C8H10OS. The Kier molecular flexibility index (Phi) is 3.65. The van der Waals surface area contributed by atoms with Gasteiger partial charge in [-0.2, -0.15) is 13.5 Å². The first kappa shape index (κ1) is 9.11. The lowest BCUT2D eigenvalue weighted by Gasteiger charge is -1.90. The van der Waals surface area contributed by atoms with Gasteiger partial charge in [-0.3, -0.25) is 0 Å². The van der Waals surface area contributed by atoms with Gasteiger partial charge in [0.05, 0.1) is 0 Å². The molecule has 0 bridgehead atoms. The number of phenolic OH excluding ortho intramolecular Hbond substituents is 1. The van der Waals surface area contributed by atoms with Gasteiger partial charge in [0.1, 0.15) is 5.75 Å². The molecule has 10 heavy (non-hydrogen) atoms. The Labute approximate surface area is 67.5 Å². The second-order valence-electron chi connectivity index (χ2n) is 1.80. The molecule has 0 fully saturated rings. The van der Waals surface area contributed by atoms with Gasteiger partial charge in [0.15, 0.2) is 0 Å². The van der Waals surface area contributed by atoms with Crippen molar-refractivity contribution < 1.29 is 5.11 Å². The molecule has 0 atom stereocenters. The van der Waals surface area contributed by atoms with Crippen LogP contribution >= 0.6 is 13.5 Å². The van der Waals surface area contributed by atoms with E-state index in [2.05, 4.69) is 6.58 Å². The monoisotopic (exact) mass is 154 g/mol. The fourth-order valence-corrected chi connectivity index (χ4v) is 0.610. The molecule has 0 aliphatic heterocycles. The lowest BCUT2D eigenvalue weighted by Crippen LogP contribution is -1.67. The molecule has 0 unspecified atom stereocenters. The maximum atomic E-state index is 8.82. The molecule has 1 N–H and O–H groups in total. The highest BCUT2D eigenvalue weighted by atomic mass is 32.1. The summed E-state index contributed by atoms with van der Waals surface area (Å²) < 4.78 is 0. The fraction of sp³-hybridized carbons (Fsp3) is 0. The predicted octanol–water partition coefficient (Wildman–Crippen LogP) is 2.15. The highest BCUT2D eigenvalue weighted by molar-refractivity contribution is 7.59. The summed E-state index contributed by atoms with van der Waals surface area (Å²) in [5.74, 6) is 0.292. The summed E-state index contributed by atoms with van der Waals surface area (Å²) in [5, 5.41) is 8.82. The Morgan fingerprint density at radius 2 is 1.70 bits per heavy atom. The van der Waals surface area contributed by atoms with Crippen LogP contribution in [0, 0.1) is 0 Å². The summed E-state index contributed by atoms with van der Waals surface area (Å²) in [6.45, 7) is 3.58. The number of hydrogen-bond donors (Lipinski definition) is 1. The molecule has 0 aliphatic carbocycles. The average Bonchev–Trinajstić information content (AvgIpc) is 1.90. The van der Waals surface area contributed by atoms with Crippen molar-refractivity contribution in [1.82, 2.24) is 0 Å². The van der Waals surface area contributed by atoms with E-state index in [1.165, 1.54) is 0 Å². The van der Waals surface area contributed by atoms with E-state index in [-0.39, 0.29) is 13.5 Å². The number of aromatic hydroxyl groups is 1. The van der Waals surface area contributed by atoms with E-state index in [1.807, 2.05) is 12.1 Å². The van der Waals surface area contributed by atoms with Gasteiger partial charge in [0.25, 0.3) is 0 Å². The molecule has 1 aromatic rings. The van der Waals surface area contributed by atoms with Crippen molar-refractivity contribution in [3.63, 3.8) is 0 Å². The van der Waals surface area contributed by atoms with Gasteiger partial charge < -0.3 is 5.11 Å². The van der Waals surface area contributed by atoms with Crippen molar-refractivity contribution in [2.75, 3.05) is 0 Å². The number of rotatable bonds is 1. The average molecular weight is 154 g/mol. The minimum atomic E-state index is 0. The first-order chi connectivity index (χ1) is 4.33. The van der Waals surface area contributed by atoms with Crippen molar-refractivity contribution in [1.29, 1.82) is 0 Å². The quantitative estimate of drug-likeness (QED) is 0.657. The predicted molar refractivity (Wildman–Crippen MR) is 48.6 cm³/mol. The van der Waals surface area contributed by atoms with Crippen LogP contribution in [0.25, 0.3) is 6.08 Å². The Hall–Kier alpha value is -0.890. The summed E-state index contributed by atoms with van der Waals surface area (Å²) in [5.41, 5.74) is 1.02. The van der Waals surface area contributed by atoms with Crippen LogP contribution < -0.4 is 0 Å². The standard InChI is InChI=1S/C8H8O.H2S/c1-2-7-3-5-8(9)6-4-7;/h2-6,9H,1H2;1H2. The van der Waals surface area contributed by atoms with Crippen LogP contribution in [-0.2, 0) is 0 Å². The largest absolute Gasteiger partial charge is 0.508 e. The van der Waals surface area contributed by atoms with Crippen LogP contribution in [0.3, 0.4) is 0 Å². The van der Waals surface area contributed by atoms with Gasteiger partial charge in [0, 0.05) is 0 Å². The van der Waals surface area contributed by atoms with E-state index < -0.39 is 0 Å². The lowest BCUT2D eigenvalue weighted by atomic mass is 10.2. The molecule has 2 heteroatoms. The second kappa shape index (κ2) is 4.01. The molecule has 0 amide bonds. The first-order valence-electron chi connectivity index (χ1n) is 2.74. The number of benzene rings is 1. The van der Waals surface area contributed by atoms with Crippen molar-refractivity contribution >= 4 is 19.6 Å². The summed E-state index contributed by atoms with van der Waals surface area (Å²) in [6, 6.07) is 6.89. The number of hydrogen-bond acceptors (Lipinski definition) is 1. The van der Waals surface area contributed by atoms with E-state index in [0.29, 0.717) is 5.75 Å². The normalized spacial score (nSPS) is 8.00. The summed E-state index contributed by atoms with van der Waals surface area (Å²) >= 11 is 0. The molecule has 0 saturated heterocycles. The van der Waals surface area contributed by atoms with Crippen molar-refractivity contribution in [2.24, 2.45) is 0 Å². The van der Waals surface area contributed by atoms with Crippen molar-refractivity contribution in [2.45, 2.75) is 0 Å². The van der Waals surface area contributed by atoms with E-state index in [0.717, 1.165) is 5.56 Å². The molecule has 0 spiro atoms. The van der Waals surface area contributed by atoms with Crippen LogP contribution in [-0.4, -0.2) is 5.11 Å². The van der Waals surface area contributed by atoms with Gasteiger partial charge in [-0.1, -0.05) is 24.8 Å². The lowest BCUT2D eigenvalue weighted by molar-refractivity contribution is 0.475. The van der Waals surface area contributed by atoms with Crippen molar-refractivity contribution in [3.05, 3.63) is 36.4 Å². The highest BCUT2D eigenvalue weighted by Crippen LogP contribution is 2.09.